The van der Waals surface area contributed by atoms with Crippen LogP contribution in [0.25, 0.3) is 0 Å². The Balaban J connectivity index is 2.06. The van der Waals surface area contributed by atoms with Crippen LogP contribution in [0.4, 0.5) is 5.69 Å². The van der Waals surface area contributed by atoms with Crippen molar-refractivity contribution in [2.24, 2.45) is 0 Å². The first-order valence-corrected chi connectivity index (χ1v) is 5.76. The lowest BCUT2D eigenvalue weighted by molar-refractivity contribution is -0.385. The third kappa shape index (κ3) is 3.11. The normalized spacial score (nSPS) is 10.0. The highest BCUT2D eigenvalue weighted by atomic mass is 16.6. The summed E-state index contributed by atoms with van der Waals surface area (Å²) in [5.74, 6) is -1.22. The van der Waals surface area contributed by atoms with E-state index in [-0.39, 0.29) is 12.2 Å². The van der Waals surface area contributed by atoms with Gasteiger partial charge < -0.3 is 9.84 Å². The first kappa shape index (κ1) is 13.5. The Morgan fingerprint density at radius 1 is 1.20 bits per heavy atom. The molecule has 0 amide bonds. The summed E-state index contributed by atoms with van der Waals surface area (Å²) in [4.78, 5) is 21.6. The third-order valence-electron chi connectivity index (χ3n) is 2.62. The molecule has 0 saturated heterocycles. The highest BCUT2D eigenvalue weighted by Gasteiger charge is 2.16. The highest BCUT2D eigenvalue weighted by Crippen LogP contribution is 2.26. The van der Waals surface area contributed by atoms with Gasteiger partial charge in [0.2, 0.25) is 0 Å². The van der Waals surface area contributed by atoms with Crippen LogP contribution in [0.2, 0.25) is 0 Å². The van der Waals surface area contributed by atoms with E-state index in [9.17, 15) is 20.0 Å². The lowest BCUT2D eigenvalue weighted by Gasteiger charge is -2.05. The number of carbonyl (C=O) groups excluding carboxylic acids is 1. The molecule has 6 nitrogen and oxygen atoms in total. The number of nitrogens with zero attached hydrogens (tertiary/aromatic N) is 1. The largest absolute Gasteiger partial charge is 0.502 e. The predicted molar refractivity (Wildman–Crippen MR) is 70.3 cm³/mol. The van der Waals surface area contributed by atoms with Crippen LogP contribution >= 0.6 is 0 Å². The second-order valence-electron chi connectivity index (χ2n) is 4.02. The van der Waals surface area contributed by atoms with Crippen molar-refractivity contribution in [1.82, 2.24) is 0 Å². The van der Waals surface area contributed by atoms with Gasteiger partial charge >= 0.3 is 11.7 Å². The molecule has 0 aliphatic heterocycles. The van der Waals surface area contributed by atoms with Crippen LogP contribution in [-0.4, -0.2) is 16.0 Å². The zero-order chi connectivity index (χ0) is 14.5. The molecule has 0 unspecified atom stereocenters. The van der Waals surface area contributed by atoms with Crippen molar-refractivity contribution in [1.29, 1.82) is 0 Å². The molecule has 2 aromatic rings. The maximum atomic E-state index is 11.7. The topological polar surface area (TPSA) is 89.7 Å². The quantitative estimate of drug-likeness (QED) is 0.525. The Labute approximate surface area is 114 Å². The molecule has 0 fully saturated rings. The molecule has 0 spiro atoms. The molecule has 1 N–H and O–H groups in total. The molecule has 0 aromatic heterocycles. The fraction of sp³-hybridized carbons (Fsp3) is 0.0714. The molecule has 102 valence electrons. The monoisotopic (exact) mass is 273 g/mol. The van der Waals surface area contributed by atoms with E-state index in [1.807, 2.05) is 18.2 Å². The summed E-state index contributed by atoms with van der Waals surface area (Å²) in [6.07, 6.45) is 0. The van der Waals surface area contributed by atoms with Crippen molar-refractivity contribution in [3.8, 4) is 5.75 Å². The van der Waals surface area contributed by atoms with E-state index >= 15 is 0 Å². The van der Waals surface area contributed by atoms with Crippen LogP contribution in [0.3, 0.4) is 0 Å². The molecule has 0 radical (unpaired) electrons. The standard InChI is InChI=1S/C14H11NO5/c16-13-8-11(6-7-12(13)15(18)19)14(17)20-9-10-4-2-1-3-5-10/h1-8,16H,9H2. The van der Waals surface area contributed by atoms with Gasteiger partial charge in [-0.1, -0.05) is 30.3 Å². The number of phenolic OH excluding ortho intramolecular Hbond substituents is 1. The van der Waals surface area contributed by atoms with E-state index in [0.717, 1.165) is 17.7 Å². The SMILES string of the molecule is O=C(OCc1ccccc1)c1ccc([N+](=O)[O-])c(O)c1. The molecule has 0 bridgehead atoms. The summed E-state index contributed by atoms with van der Waals surface area (Å²) in [7, 11) is 0. The Morgan fingerprint density at radius 2 is 1.90 bits per heavy atom. The molecule has 0 aliphatic rings. The zero-order valence-corrected chi connectivity index (χ0v) is 10.4. The summed E-state index contributed by atoms with van der Waals surface area (Å²) < 4.78 is 5.05. The number of phenols is 1. The smallest absolute Gasteiger partial charge is 0.338 e. The average molecular weight is 273 g/mol. The number of carbonyl (C=O) groups is 1. The first-order chi connectivity index (χ1) is 9.58. The maximum absolute atomic E-state index is 11.7. The molecular weight excluding hydrogens is 262 g/mol. The Kier molecular flexibility index (Phi) is 3.95. The molecule has 0 heterocycles. The van der Waals surface area contributed by atoms with Gasteiger partial charge in [-0.2, -0.15) is 0 Å². The van der Waals surface area contributed by atoms with Crippen molar-refractivity contribution in [2.75, 3.05) is 0 Å². The van der Waals surface area contributed by atoms with E-state index in [4.69, 9.17) is 4.74 Å². The minimum atomic E-state index is -0.728. The molecular formula is C14H11NO5. The third-order valence-corrected chi connectivity index (χ3v) is 2.62. The summed E-state index contributed by atoms with van der Waals surface area (Å²) in [6, 6.07) is 12.4. The minimum Gasteiger partial charge on any atom is -0.502 e. The molecule has 2 rings (SSSR count). The van der Waals surface area contributed by atoms with Gasteiger partial charge in [-0.15, -0.1) is 0 Å². The number of rotatable bonds is 4. The van der Waals surface area contributed by atoms with Gasteiger partial charge in [0.1, 0.15) is 6.61 Å². The van der Waals surface area contributed by atoms with Crippen molar-refractivity contribution < 1.29 is 19.6 Å². The van der Waals surface area contributed by atoms with Gasteiger partial charge in [0.15, 0.2) is 5.75 Å². The fourth-order valence-electron chi connectivity index (χ4n) is 1.61. The van der Waals surface area contributed by atoms with E-state index in [0.29, 0.717) is 0 Å². The lowest BCUT2D eigenvalue weighted by atomic mass is 10.2. The summed E-state index contributed by atoms with van der Waals surface area (Å²) in [6.45, 7) is 0.0947. The van der Waals surface area contributed by atoms with Crippen molar-refractivity contribution in [2.45, 2.75) is 6.61 Å². The number of esters is 1. The average Bonchev–Trinajstić information content (AvgIpc) is 2.45. The minimum absolute atomic E-state index is 0.0593. The number of ether oxygens (including phenoxy) is 1. The summed E-state index contributed by atoms with van der Waals surface area (Å²) >= 11 is 0. The van der Waals surface area contributed by atoms with Gasteiger partial charge in [0.05, 0.1) is 10.5 Å². The second kappa shape index (κ2) is 5.83. The molecule has 0 aliphatic carbocycles. The number of benzene rings is 2. The molecule has 0 atom stereocenters. The number of hydrogen-bond acceptors (Lipinski definition) is 5. The maximum Gasteiger partial charge on any atom is 0.338 e. The fourth-order valence-corrected chi connectivity index (χ4v) is 1.61. The van der Waals surface area contributed by atoms with Gasteiger partial charge in [0, 0.05) is 12.1 Å². The van der Waals surface area contributed by atoms with E-state index in [1.54, 1.807) is 12.1 Å². The van der Waals surface area contributed by atoms with Gasteiger partial charge in [-0.3, -0.25) is 10.1 Å². The molecule has 6 heteroatoms. The Hall–Kier alpha value is -2.89. The van der Waals surface area contributed by atoms with Gasteiger partial charge in [0.25, 0.3) is 0 Å². The van der Waals surface area contributed by atoms with Crippen LogP contribution in [0, 0.1) is 10.1 Å². The van der Waals surface area contributed by atoms with Crippen molar-refractivity contribution >= 4 is 11.7 Å². The van der Waals surface area contributed by atoms with Crippen LogP contribution in [0.15, 0.2) is 48.5 Å². The lowest BCUT2D eigenvalue weighted by Crippen LogP contribution is -2.05. The van der Waals surface area contributed by atoms with E-state index < -0.39 is 22.3 Å². The predicted octanol–water partition coefficient (Wildman–Crippen LogP) is 2.66. The van der Waals surface area contributed by atoms with Crippen molar-refractivity contribution in [3.05, 3.63) is 69.8 Å². The Bertz CT molecular complexity index is 639. The van der Waals surface area contributed by atoms with Crippen molar-refractivity contribution in [3.63, 3.8) is 0 Å². The molecule has 2 aromatic carbocycles. The van der Waals surface area contributed by atoms with Gasteiger partial charge in [-0.25, -0.2) is 4.79 Å². The number of hydrogen-bond donors (Lipinski definition) is 1. The number of nitro benzene ring substituents is 1. The molecule has 20 heavy (non-hydrogen) atoms. The van der Waals surface area contributed by atoms with Gasteiger partial charge in [-0.05, 0) is 11.6 Å². The van der Waals surface area contributed by atoms with Crippen LogP contribution in [0.5, 0.6) is 5.75 Å². The van der Waals surface area contributed by atoms with Crippen LogP contribution < -0.4 is 0 Å². The summed E-state index contributed by atoms with van der Waals surface area (Å²) in [5.41, 5.74) is 0.431. The summed E-state index contributed by atoms with van der Waals surface area (Å²) in [5, 5.41) is 20.0. The zero-order valence-electron chi connectivity index (χ0n) is 10.4. The molecule has 0 saturated carbocycles. The highest BCUT2D eigenvalue weighted by molar-refractivity contribution is 5.90. The van der Waals surface area contributed by atoms with E-state index in [1.165, 1.54) is 6.07 Å². The number of nitro groups is 1. The number of aromatic hydroxyl groups is 1. The van der Waals surface area contributed by atoms with Crippen LogP contribution in [-0.2, 0) is 11.3 Å². The van der Waals surface area contributed by atoms with E-state index in [2.05, 4.69) is 0 Å². The first-order valence-electron chi connectivity index (χ1n) is 5.76. The second-order valence-corrected chi connectivity index (χ2v) is 4.02. The van der Waals surface area contributed by atoms with Crippen LogP contribution in [0.1, 0.15) is 15.9 Å². The Morgan fingerprint density at radius 3 is 2.50 bits per heavy atom.